The molecule has 0 aliphatic carbocycles. The van der Waals surface area contributed by atoms with Gasteiger partial charge < -0.3 is 14.2 Å². The molecule has 5 nitrogen and oxygen atoms in total. The van der Waals surface area contributed by atoms with Crippen molar-refractivity contribution >= 4 is 50.5 Å². The van der Waals surface area contributed by atoms with Gasteiger partial charge in [0.25, 0.3) is 11.3 Å². The Morgan fingerprint density at radius 3 is 1.62 bits per heavy atom. The Kier molecular flexibility index (Phi) is 11.0. The number of aromatic hydroxyl groups is 1. The number of carbonyl (C=O) groups excluding carboxylic acids is 1. The van der Waals surface area contributed by atoms with Gasteiger partial charge in [-0.05, 0) is 23.8 Å². The summed E-state index contributed by atoms with van der Waals surface area (Å²) in [5.41, 5.74) is -2.12. The monoisotopic (exact) mass is 766 g/mol. The average molecular weight is 766 g/mol. The third-order valence-electron chi connectivity index (χ3n) is 7.29. The number of benzene rings is 5. The van der Waals surface area contributed by atoms with Crippen LogP contribution in [0.5, 0.6) is 5.75 Å². The summed E-state index contributed by atoms with van der Waals surface area (Å²) in [4.78, 5) is 24.0. The molecule has 0 fully saturated rings. The molecule has 6 aromatic rings. The molecule has 1 aromatic heterocycles. The van der Waals surface area contributed by atoms with E-state index in [1.807, 2.05) is 91.0 Å². The SMILES string of the molecule is CCn1c(=O)c(C(=O)C(F)(F)F)c(O)c2c3ccccc3ccc21.O=P(c1ccccc1)(c1ccccc1)c1ccccc1.[Eu]. The zero-order valence-electron chi connectivity index (χ0n) is 23.9. The number of fused-ring (bicyclic) bond motifs is 3. The van der Waals surface area contributed by atoms with Crippen LogP contribution in [0.15, 0.2) is 132 Å². The fourth-order valence-corrected chi connectivity index (χ4v) is 7.90. The standard InChI is InChI=1S/C18H15OP.C17H12F3NO3.Eu/c19-20(16-10-4-1-5-11-16,17-12-6-2-7-13-17)18-14-8-3-9-15-18;1-2-21-11-8-7-9-5-3-4-6-10(9)12(11)14(22)13(16(21)24)15(23)17(18,19)20;/h1-15H;3-8,22H,2H2,1H3;. The van der Waals surface area contributed by atoms with Gasteiger partial charge in [-0.15, -0.1) is 0 Å². The van der Waals surface area contributed by atoms with E-state index in [4.69, 9.17) is 0 Å². The van der Waals surface area contributed by atoms with Gasteiger partial charge >= 0.3 is 6.18 Å². The molecule has 0 bridgehead atoms. The molecule has 0 amide bonds. The average Bonchev–Trinajstić information content (AvgIpc) is 3.05. The second kappa shape index (κ2) is 14.4. The number of aryl methyl sites for hydroxylation is 1. The first-order valence-corrected chi connectivity index (χ1v) is 15.4. The maximum atomic E-state index is 13.8. The van der Waals surface area contributed by atoms with Gasteiger partial charge in [0.05, 0.1) is 5.52 Å². The van der Waals surface area contributed by atoms with Gasteiger partial charge in [0.2, 0.25) is 0 Å². The Morgan fingerprint density at radius 2 is 1.18 bits per heavy atom. The van der Waals surface area contributed by atoms with Gasteiger partial charge in [-0.2, -0.15) is 13.2 Å². The van der Waals surface area contributed by atoms with E-state index in [9.17, 15) is 32.4 Å². The van der Waals surface area contributed by atoms with Crippen LogP contribution in [0.3, 0.4) is 0 Å². The molecule has 5 aromatic carbocycles. The first kappa shape index (κ1) is 34.5. The first-order chi connectivity index (χ1) is 21.1. The molecule has 0 saturated heterocycles. The maximum absolute atomic E-state index is 13.8. The summed E-state index contributed by atoms with van der Waals surface area (Å²) in [7, 11) is -2.78. The summed E-state index contributed by atoms with van der Waals surface area (Å²) >= 11 is 0. The normalized spacial score (nSPS) is 11.4. The van der Waals surface area contributed by atoms with Crippen LogP contribution in [0.1, 0.15) is 17.3 Å². The molecular formula is C35H27EuF3NO4P. The Morgan fingerprint density at radius 1 is 0.733 bits per heavy atom. The number of carbonyl (C=O) groups is 1. The van der Waals surface area contributed by atoms with E-state index in [-0.39, 0.29) is 66.8 Å². The quantitative estimate of drug-likeness (QED) is 0.117. The number of pyridine rings is 1. The molecule has 0 saturated carbocycles. The second-order valence-corrected chi connectivity index (χ2v) is 12.7. The first-order valence-electron chi connectivity index (χ1n) is 13.7. The van der Waals surface area contributed by atoms with Crippen molar-refractivity contribution in [2.45, 2.75) is 19.6 Å². The predicted octanol–water partition coefficient (Wildman–Crippen LogP) is 6.95. The van der Waals surface area contributed by atoms with Crippen molar-refractivity contribution in [2.75, 3.05) is 0 Å². The van der Waals surface area contributed by atoms with E-state index in [2.05, 4.69) is 0 Å². The van der Waals surface area contributed by atoms with Gasteiger partial charge in [0, 0.05) is 77.2 Å². The zero-order valence-corrected chi connectivity index (χ0v) is 27.2. The minimum absolute atomic E-state index is 0. The smallest absolute Gasteiger partial charge is 0.455 e. The summed E-state index contributed by atoms with van der Waals surface area (Å²) in [5, 5.41) is 14.2. The maximum Gasteiger partial charge on any atom is 0.455 e. The van der Waals surface area contributed by atoms with Crippen LogP contribution in [-0.4, -0.2) is 21.6 Å². The summed E-state index contributed by atoms with van der Waals surface area (Å²) in [6.45, 7) is 1.64. The number of aromatic nitrogens is 1. The number of hydrogen-bond donors (Lipinski definition) is 1. The number of hydrogen-bond acceptors (Lipinski definition) is 4. The van der Waals surface area contributed by atoms with Crippen LogP contribution in [-0.2, 0) is 11.1 Å². The molecule has 1 heterocycles. The topological polar surface area (TPSA) is 76.4 Å². The van der Waals surface area contributed by atoms with Gasteiger partial charge in [-0.3, -0.25) is 9.59 Å². The van der Waals surface area contributed by atoms with E-state index in [0.29, 0.717) is 10.8 Å². The molecule has 0 spiro atoms. The molecule has 10 heteroatoms. The van der Waals surface area contributed by atoms with Gasteiger partial charge in [0.15, 0.2) is 7.14 Å². The van der Waals surface area contributed by atoms with Gasteiger partial charge in [-0.25, -0.2) is 0 Å². The van der Waals surface area contributed by atoms with Crippen LogP contribution < -0.4 is 21.5 Å². The van der Waals surface area contributed by atoms with Crippen LogP contribution >= 0.6 is 7.14 Å². The Labute approximate surface area is 298 Å². The number of Topliss-reactive ketones (excluding diaryl/α,β-unsaturated/α-hetero) is 1. The number of halogens is 3. The summed E-state index contributed by atoms with van der Waals surface area (Å²) < 4.78 is 53.4. The fourth-order valence-electron chi connectivity index (χ4n) is 5.23. The molecule has 0 atom stereocenters. The molecule has 1 radical (unpaired) electrons. The van der Waals surface area contributed by atoms with Crippen molar-refractivity contribution in [3.05, 3.63) is 143 Å². The number of rotatable bonds is 5. The van der Waals surface area contributed by atoms with E-state index in [1.54, 1.807) is 43.3 Å². The summed E-state index contributed by atoms with van der Waals surface area (Å²) in [6.07, 6.45) is -5.25. The van der Waals surface area contributed by atoms with Crippen molar-refractivity contribution in [1.82, 2.24) is 4.57 Å². The number of ketones is 1. The minimum Gasteiger partial charge on any atom is -0.506 e. The van der Waals surface area contributed by atoms with Crippen molar-refractivity contribution in [1.29, 1.82) is 0 Å². The molecule has 0 aliphatic rings. The van der Waals surface area contributed by atoms with Crippen molar-refractivity contribution < 1.29 is 77.0 Å². The largest absolute Gasteiger partial charge is 0.506 e. The molecular weight excluding hydrogens is 738 g/mol. The van der Waals surface area contributed by atoms with Gasteiger partial charge in [0.1, 0.15) is 11.3 Å². The Balaban J connectivity index is 0.000000203. The van der Waals surface area contributed by atoms with Crippen LogP contribution in [0.2, 0.25) is 0 Å². The number of alkyl halides is 3. The van der Waals surface area contributed by atoms with Crippen molar-refractivity contribution in [3.63, 3.8) is 0 Å². The minimum atomic E-state index is -5.25. The van der Waals surface area contributed by atoms with E-state index in [1.165, 1.54) is 0 Å². The van der Waals surface area contributed by atoms with Crippen molar-refractivity contribution in [2.24, 2.45) is 0 Å². The Bertz CT molecular complexity index is 1960. The molecule has 229 valence electrons. The van der Waals surface area contributed by atoms with E-state index in [0.717, 1.165) is 20.5 Å². The zero-order chi connectivity index (χ0) is 31.5. The van der Waals surface area contributed by atoms with Crippen LogP contribution in [0.4, 0.5) is 13.2 Å². The summed E-state index contributed by atoms with van der Waals surface area (Å²) in [5.74, 6) is -3.28. The summed E-state index contributed by atoms with van der Waals surface area (Å²) in [6, 6.07) is 39.1. The van der Waals surface area contributed by atoms with Gasteiger partial charge in [-0.1, -0.05) is 121 Å². The molecule has 6 rings (SSSR count). The van der Waals surface area contributed by atoms with E-state index < -0.39 is 36.0 Å². The molecule has 45 heavy (non-hydrogen) atoms. The van der Waals surface area contributed by atoms with Crippen LogP contribution in [0, 0.1) is 49.4 Å². The molecule has 0 aliphatic heterocycles. The predicted molar refractivity (Wildman–Crippen MR) is 169 cm³/mol. The molecule has 0 unspecified atom stereocenters. The number of nitrogens with zero attached hydrogens (tertiary/aromatic N) is 1. The third-order valence-corrected chi connectivity index (χ3v) is 10.4. The van der Waals surface area contributed by atoms with Crippen molar-refractivity contribution in [3.8, 4) is 5.75 Å². The van der Waals surface area contributed by atoms with Crippen LogP contribution in [0.25, 0.3) is 21.7 Å². The third kappa shape index (κ3) is 6.78. The second-order valence-electron chi connectivity index (χ2n) is 9.90. The van der Waals surface area contributed by atoms with E-state index >= 15 is 0 Å². The Hall–Kier alpha value is -3.36. The fraction of sp³-hybridized carbons (Fsp3) is 0.0857. The molecule has 1 N–H and O–H groups in total.